The molecule has 0 saturated heterocycles. The molecule has 1 amide bonds. The van der Waals surface area contributed by atoms with Crippen molar-refractivity contribution < 1.29 is 4.79 Å². The number of carbonyl (C=O) groups excluding carboxylic acids is 1. The van der Waals surface area contributed by atoms with Crippen LogP contribution in [0.5, 0.6) is 0 Å². The summed E-state index contributed by atoms with van der Waals surface area (Å²) in [6.07, 6.45) is 5.98. The number of nitrogens with zero attached hydrogens (tertiary/aromatic N) is 2. The highest BCUT2D eigenvalue weighted by molar-refractivity contribution is 5.97. The third kappa shape index (κ3) is 3.34. The van der Waals surface area contributed by atoms with Gasteiger partial charge in [-0.05, 0) is 24.5 Å². The molecule has 0 fully saturated rings. The molecule has 0 aliphatic carbocycles. The first-order chi connectivity index (χ1) is 9.72. The molecule has 4 N–H and O–H groups in total. The Morgan fingerprint density at radius 1 is 1.45 bits per heavy atom. The molecule has 0 saturated carbocycles. The second kappa shape index (κ2) is 6.70. The smallest absolute Gasteiger partial charge is 0.273 e. The maximum absolute atomic E-state index is 12.0. The van der Waals surface area contributed by atoms with E-state index in [1.807, 2.05) is 19.1 Å². The zero-order valence-electron chi connectivity index (χ0n) is 11.5. The monoisotopic (exact) mass is 273 g/mol. The molecule has 0 spiro atoms. The number of nitrogens with two attached hydrogens (primary N) is 1. The molecule has 2 aromatic heterocycles. The van der Waals surface area contributed by atoms with Gasteiger partial charge in [-0.1, -0.05) is 19.4 Å². The number of carbonyl (C=O) groups is 1. The van der Waals surface area contributed by atoms with Gasteiger partial charge in [0.05, 0.1) is 11.4 Å². The normalized spacial score (nSPS) is 10.4. The Kier molecular flexibility index (Phi) is 4.70. The van der Waals surface area contributed by atoms with Gasteiger partial charge in [0.25, 0.3) is 5.91 Å². The van der Waals surface area contributed by atoms with Crippen LogP contribution < -0.4 is 11.1 Å². The van der Waals surface area contributed by atoms with Crippen LogP contribution in [0.4, 0.5) is 5.69 Å². The lowest BCUT2D eigenvalue weighted by Crippen LogP contribution is -2.26. The van der Waals surface area contributed by atoms with Crippen molar-refractivity contribution in [3.63, 3.8) is 0 Å². The SMILES string of the molecule is CCCc1[nH]nc(C(=O)NCCc2cccnc2)c1N. The van der Waals surface area contributed by atoms with E-state index in [1.54, 1.807) is 12.4 Å². The molecule has 2 heterocycles. The molecular weight excluding hydrogens is 254 g/mol. The number of anilines is 1. The third-order valence-corrected chi connectivity index (χ3v) is 3.02. The Hall–Kier alpha value is -2.37. The van der Waals surface area contributed by atoms with Crippen LogP contribution in [-0.4, -0.2) is 27.6 Å². The Morgan fingerprint density at radius 2 is 2.30 bits per heavy atom. The van der Waals surface area contributed by atoms with Crippen molar-refractivity contribution in [2.24, 2.45) is 0 Å². The third-order valence-electron chi connectivity index (χ3n) is 3.02. The number of aryl methyl sites for hydroxylation is 1. The average Bonchev–Trinajstić information content (AvgIpc) is 2.82. The van der Waals surface area contributed by atoms with Crippen LogP contribution in [0, 0.1) is 0 Å². The molecule has 6 heteroatoms. The Bertz CT molecular complexity index is 564. The number of H-pyrrole nitrogens is 1. The summed E-state index contributed by atoms with van der Waals surface area (Å²) in [4.78, 5) is 16.0. The van der Waals surface area contributed by atoms with Crippen LogP contribution in [0.3, 0.4) is 0 Å². The van der Waals surface area contributed by atoms with Gasteiger partial charge >= 0.3 is 0 Å². The quantitative estimate of drug-likeness (QED) is 0.739. The number of nitrogens with one attached hydrogen (secondary N) is 2. The van der Waals surface area contributed by atoms with Gasteiger partial charge < -0.3 is 11.1 Å². The van der Waals surface area contributed by atoms with Crippen molar-refractivity contribution in [3.05, 3.63) is 41.5 Å². The van der Waals surface area contributed by atoms with E-state index in [1.165, 1.54) is 0 Å². The van der Waals surface area contributed by atoms with Crippen molar-refractivity contribution in [1.82, 2.24) is 20.5 Å². The number of amides is 1. The first-order valence-electron chi connectivity index (χ1n) is 6.72. The van der Waals surface area contributed by atoms with Crippen molar-refractivity contribution in [2.45, 2.75) is 26.2 Å². The number of nitrogen functional groups attached to an aromatic ring is 1. The molecule has 0 unspecified atom stereocenters. The molecule has 0 aliphatic rings. The highest BCUT2D eigenvalue weighted by Gasteiger charge is 2.16. The van der Waals surface area contributed by atoms with Crippen LogP contribution >= 0.6 is 0 Å². The maximum atomic E-state index is 12.0. The van der Waals surface area contributed by atoms with E-state index in [2.05, 4.69) is 20.5 Å². The number of rotatable bonds is 6. The van der Waals surface area contributed by atoms with Crippen LogP contribution in [0.2, 0.25) is 0 Å². The zero-order chi connectivity index (χ0) is 14.4. The summed E-state index contributed by atoms with van der Waals surface area (Å²) in [5.74, 6) is -0.245. The fourth-order valence-electron chi connectivity index (χ4n) is 1.95. The minimum Gasteiger partial charge on any atom is -0.395 e. The van der Waals surface area contributed by atoms with Gasteiger partial charge in [-0.2, -0.15) is 5.10 Å². The van der Waals surface area contributed by atoms with E-state index in [0.717, 1.165) is 30.5 Å². The molecule has 6 nitrogen and oxygen atoms in total. The van der Waals surface area contributed by atoms with Crippen molar-refractivity contribution >= 4 is 11.6 Å². The Labute approximate surface area is 117 Å². The molecule has 2 rings (SSSR count). The predicted octanol–water partition coefficient (Wildman–Crippen LogP) is 1.31. The van der Waals surface area contributed by atoms with Gasteiger partial charge in [-0.3, -0.25) is 14.9 Å². The summed E-state index contributed by atoms with van der Waals surface area (Å²) in [6.45, 7) is 2.58. The molecule has 20 heavy (non-hydrogen) atoms. The number of hydrogen-bond acceptors (Lipinski definition) is 4. The second-order valence-corrected chi connectivity index (χ2v) is 4.58. The van der Waals surface area contributed by atoms with Crippen LogP contribution in [0.25, 0.3) is 0 Å². The summed E-state index contributed by atoms with van der Waals surface area (Å²) in [5, 5.41) is 9.62. The van der Waals surface area contributed by atoms with Gasteiger partial charge in [-0.15, -0.1) is 0 Å². The molecule has 0 aliphatic heterocycles. The van der Waals surface area contributed by atoms with Gasteiger partial charge in [-0.25, -0.2) is 0 Å². The van der Waals surface area contributed by atoms with E-state index in [0.29, 0.717) is 12.2 Å². The van der Waals surface area contributed by atoms with Crippen LogP contribution in [0.15, 0.2) is 24.5 Å². The van der Waals surface area contributed by atoms with Crippen LogP contribution in [0.1, 0.15) is 35.1 Å². The van der Waals surface area contributed by atoms with Crippen molar-refractivity contribution in [1.29, 1.82) is 0 Å². The van der Waals surface area contributed by atoms with E-state index in [9.17, 15) is 4.79 Å². The zero-order valence-corrected chi connectivity index (χ0v) is 11.5. The second-order valence-electron chi connectivity index (χ2n) is 4.58. The summed E-state index contributed by atoms with van der Waals surface area (Å²) in [7, 11) is 0. The highest BCUT2D eigenvalue weighted by Crippen LogP contribution is 2.15. The molecule has 0 bridgehead atoms. The molecule has 2 aromatic rings. The summed E-state index contributed by atoms with van der Waals surface area (Å²) in [5.41, 5.74) is 8.54. The van der Waals surface area contributed by atoms with E-state index in [4.69, 9.17) is 5.73 Å². The molecule has 0 aromatic carbocycles. The van der Waals surface area contributed by atoms with Gasteiger partial charge in [0.2, 0.25) is 0 Å². The van der Waals surface area contributed by atoms with Gasteiger partial charge in [0.1, 0.15) is 0 Å². The van der Waals surface area contributed by atoms with Crippen molar-refractivity contribution in [3.8, 4) is 0 Å². The first-order valence-corrected chi connectivity index (χ1v) is 6.72. The fourth-order valence-corrected chi connectivity index (χ4v) is 1.95. The Balaban J connectivity index is 1.89. The van der Waals surface area contributed by atoms with Crippen LogP contribution in [-0.2, 0) is 12.8 Å². The van der Waals surface area contributed by atoms with Crippen molar-refractivity contribution in [2.75, 3.05) is 12.3 Å². The minimum atomic E-state index is -0.245. The molecule has 0 radical (unpaired) electrons. The Morgan fingerprint density at radius 3 is 3.00 bits per heavy atom. The fraction of sp³-hybridized carbons (Fsp3) is 0.357. The maximum Gasteiger partial charge on any atom is 0.273 e. The molecule has 106 valence electrons. The lowest BCUT2D eigenvalue weighted by atomic mass is 10.2. The number of aromatic amines is 1. The topological polar surface area (TPSA) is 96.7 Å². The van der Waals surface area contributed by atoms with Gasteiger partial charge in [0, 0.05) is 18.9 Å². The summed E-state index contributed by atoms with van der Waals surface area (Å²) in [6, 6.07) is 3.85. The lowest BCUT2D eigenvalue weighted by molar-refractivity contribution is 0.0950. The molecule has 0 atom stereocenters. The number of hydrogen-bond donors (Lipinski definition) is 3. The minimum absolute atomic E-state index is 0.245. The number of aromatic nitrogens is 3. The summed E-state index contributed by atoms with van der Waals surface area (Å²) < 4.78 is 0. The predicted molar refractivity (Wildman–Crippen MR) is 77.3 cm³/mol. The van der Waals surface area contributed by atoms with E-state index in [-0.39, 0.29) is 11.6 Å². The summed E-state index contributed by atoms with van der Waals surface area (Å²) >= 11 is 0. The first kappa shape index (κ1) is 14.0. The highest BCUT2D eigenvalue weighted by atomic mass is 16.1. The van der Waals surface area contributed by atoms with Gasteiger partial charge in [0.15, 0.2) is 5.69 Å². The standard InChI is InChI=1S/C14H19N5O/c1-2-4-11-12(15)13(19-18-11)14(20)17-8-6-10-5-3-7-16-9-10/h3,5,7,9H,2,4,6,8,15H2,1H3,(H,17,20)(H,18,19). The van der Waals surface area contributed by atoms with E-state index >= 15 is 0 Å². The number of pyridine rings is 1. The lowest BCUT2D eigenvalue weighted by Gasteiger charge is -2.04. The average molecular weight is 273 g/mol. The molecular formula is C14H19N5O. The largest absolute Gasteiger partial charge is 0.395 e. The van der Waals surface area contributed by atoms with E-state index < -0.39 is 0 Å².